The number of halogens is 2. The van der Waals surface area contributed by atoms with Crippen molar-refractivity contribution >= 4 is 34.4 Å². The van der Waals surface area contributed by atoms with Crippen LogP contribution in [0.5, 0.6) is 11.8 Å². The number of phenols is 1. The van der Waals surface area contributed by atoms with Crippen molar-refractivity contribution in [3.8, 4) is 22.9 Å². The number of benzene rings is 1. The van der Waals surface area contributed by atoms with Gasteiger partial charge >= 0.3 is 6.01 Å². The van der Waals surface area contributed by atoms with Crippen LogP contribution < -0.4 is 9.64 Å². The summed E-state index contributed by atoms with van der Waals surface area (Å²) in [5.74, 6) is 1.10. The molecule has 2 aromatic heterocycles. The van der Waals surface area contributed by atoms with Crippen LogP contribution in [0.3, 0.4) is 0 Å². The van der Waals surface area contributed by atoms with E-state index in [1.807, 2.05) is 11.0 Å². The number of amides is 1. The van der Waals surface area contributed by atoms with Gasteiger partial charge in [-0.25, -0.2) is 4.39 Å². The lowest BCUT2D eigenvalue weighted by Crippen LogP contribution is -2.55. The fraction of sp³-hybridized carbons (Fsp3) is 0.515. The number of aromatic nitrogens is 3. The van der Waals surface area contributed by atoms with Crippen molar-refractivity contribution < 1.29 is 19.0 Å². The number of hydrogen-bond donors (Lipinski definition) is 1. The van der Waals surface area contributed by atoms with Crippen LogP contribution in [0.1, 0.15) is 56.4 Å². The Bertz CT molecular complexity index is 1650. The molecule has 3 aromatic rings. The molecule has 4 atom stereocenters. The number of anilines is 1. The topological polar surface area (TPSA) is 94.9 Å². The van der Waals surface area contributed by atoms with Crippen molar-refractivity contribution in [2.45, 2.75) is 74.7 Å². The van der Waals surface area contributed by atoms with Crippen LogP contribution in [0.25, 0.3) is 22.2 Å². The predicted octanol–water partition coefficient (Wildman–Crippen LogP) is 5.25. The van der Waals surface area contributed by atoms with E-state index in [1.54, 1.807) is 18.3 Å². The molecule has 44 heavy (non-hydrogen) atoms. The summed E-state index contributed by atoms with van der Waals surface area (Å²) >= 11 is 6.63. The minimum absolute atomic E-state index is 0.0316. The Morgan fingerprint density at radius 3 is 2.70 bits per heavy atom. The quantitative estimate of drug-likeness (QED) is 0.359. The van der Waals surface area contributed by atoms with Gasteiger partial charge in [0.2, 0.25) is 5.91 Å². The van der Waals surface area contributed by atoms with Crippen molar-refractivity contribution in [2.24, 2.45) is 0 Å². The van der Waals surface area contributed by atoms with Gasteiger partial charge in [0.1, 0.15) is 24.0 Å². The van der Waals surface area contributed by atoms with Gasteiger partial charge in [0, 0.05) is 54.9 Å². The average molecular weight is 619 g/mol. The van der Waals surface area contributed by atoms with Gasteiger partial charge in [-0.3, -0.25) is 14.7 Å². The van der Waals surface area contributed by atoms with Gasteiger partial charge < -0.3 is 19.6 Å². The van der Waals surface area contributed by atoms with Crippen molar-refractivity contribution in [1.29, 1.82) is 0 Å². The van der Waals surface area contributed by atoms with Gasteiger partial charge in [-0.2, -0.15) is 9.97 Å². The van der Waals surface area contributed by atoms with Crippen LogP contribution in [-0.2, 0) is 4.79 Å². The first-order valence-corrected chi connectivity index (χ1v) is 16.1. The number of carbonyl (C=O) groups is 1. The van der Waals surface area contributed by atoms with Crippen molar-refractivity contribution in [3.63, 3.8) is 0 Å². The summed E-state index contributed by atoms with van der Waals surface area (Å²) in [6.45, 7) is 6.61. The summed E-state index contributed by atoms with van der Waals surface area (Å²) in [4.78, 5) is 33.7. The minimum Gasteiger partial charge on any atom is -0.508 e. The molecule has 11 heteroatoms. The highest BCUT2D eigenvalue weighted by molar-refractivity contribution is 6.32. The highest BCUT2D eigenvalue weighted by atomic mass is 35.5. The molecule has 9 nitrogen and oxygen atoms in total. The van der Waals surface area contributed by atoms with Gasteiger partial charge in [0.15, 0.2) is 5.82 Å². The number of ether oxygens (including phenoxy) is 1. The number of hydrogen-bond acceptors (Lipinski definition) is 8. The minimum atomic E-state index is -0.849. The zero-order valence-corrected chi connectivity index (χ0v) is 25.3. The van der Waals surface area contributed by atoms with Crippen LogP contribution in [-0.4, -0.2) is 92.3 Å². The maximum absolute atomic E-state index is 14.5. The summed E-state index contributed by atoms with van der Waals surface area (Å²) < 4.78 is 20.8. The van der Waals surface area contributed by atoms with Gasteiger partial charge in [0.25, 0.3) is 0 Å². The monoisotopic (exact) mass is 618 g/mol. The van der Waals surface area contributed by atoms with E-state index in [-0.39, 0.29) is 35.3 Å². The predicted molar refractivity (Wildman–Crippen MR) is 166 cm³/mol. The molecule has 5 aliphatic rings. The van der Waals surface area contributed by atoms with Crippen molar-refractivity contribution in [2.75, 3.05) is 37.7 Å². The van der Waals surface area contributed by atoms with Gasteiger partial charge in [-0.05, 0) is 86.4 Å². The van der Waals surface area contributed by atoms with E-state index >= 15 is 0 Å². The number of pyridine rings is 1. The molecule has 1 N–H and O–H groups in total. The summed E-state index contributed by atoms with van der Waals surface area (Å²) in [6.07, 6.45) is 8.70. The van der Waals surface area contributed by atoms with Crippen LogP contribution in [0.2, 0.25) is 5.02 Å². The Labute approximate surface area is 260 Å². The molecular weight excluding hydrogens is 583 g/mol. The van der Waals surface area contributed by atoms with E-state index in [2.05, 4.69) is 16.4 Å². The lowest BCUT2D eigenvalue weighted by Gasteiger charge is -2.41. The molecule has 0 spiro atoms. The molecule has 5 fully saturated rings. The molecule has 0 radical (unpaired) electrons. The summed E-state index contributed by atoms with van der Waals surface area (Å²) in [6, 6.07) is 5.68. The molecule has 8 rings (SSSR count). The summed E-state index contributed by atoms with van der Waals surface area (Å²) in [7, 11) is 0. The van der Waals surface area contributed by atoms with E-state index in [9.17, 15) is 14.3 Å². The van der Waals surface area contributed by atoms with E-state index in [0.717, 1.165) is 61.8 Å². The SMILES string of the molecule is C=CC(=O)N1C2CCC1CN(c1nc(OC[C@@]34CCCN3C[C@H](F)C4)nc3cc(-c4cc(O)cc(Cl)c4C4CC4)cnc13)C2. The first-order chi connectivity index (χ1) is 21.3. The van der Waals surface area contributed by atoms with Gasteiger partial charge in [-0.1, -0.05) is 18.2 Å². The maximum Gasteiger partial charge on any atom is 0.319 e. The molecule has 2 unspecified atom stereocenters. The Kier molecular flexibility index (Phi) is 6.71. The van der Waals surface area contributed by atoms with Crippen LogP contribution in [0.4, 0.5) is 10.2 Å². The van der Waals surface area contributed by atoms with Crippen LogP contribution >= 0.6 is 11.6 Å². The lowest BCUT2D eigenvalue weighted by molar-refractivity contribution is -0.129. The molecular formula is C33H36ClFN6O3. The summed E-state index contributed by atoms with van der Waals surface area (Å²) in [5.41, 5.74) is 3.63. The normalized spacial score (nSPS) is 28.1. The highest BCUT2D eigenvalue weighted by Gasteiger charge is 2.49. The number of alkyl halides is 1. The fourth-order valence-corrected chi connectivity index (χ4v) is 8.60. The average Bonchev–Trinajstić information content (AvgIpc) is 3.62. The zero-order chi connectivity index (χ0) is 30.2. The molecule has 1 aliphatic carbocycles. The molecule has 4 aliphatic heterocycles. The lowest BCUT2D eigenvalue weighted by atomic mass is 9.95. The number of rotatable bonds is 7. The maximum atomic E-state index is 14.5. The Balaban J connectivity index is 1.19. The number of phenolic OH excluding ortho intramolecular Hbond substituents is 1. The number of fused-ring (bicyclic) bond motifs is 4. The smallest absolute Gasteiger partial charge is 0.319 e. The fourth-order valence-electron chi connectivity index (χ4n) is 8.23. The molecule has 2 bridgehead atoms. The van der Waals surface area contributed by atoms with E-state index < -0.39 is 6.17 Å². The second kappa shape index (κ2) is 10.5. The third-order valence-corrected chi connectivity index (χ3v) is 10.7. The second-order valence-corrected chi connectivity index (χ2v) is 13.6. The van der Waals surface area contributed by atoms with Crippen molar-refractivity contribution in [3.05, 3.63) is 47.6 Å². The van der Waals surface area contributed by atoms with Gasteiger partial charge in [0.05, 0.1) is 11.1 Å². The Morgan fingerprint density at radius 2 is 1.95 bits per heavy atom. The van der Waals surface area contributed by atoms with Crippen molar-refractivity contribution in [1.82, 2.24) is 24.8 Å². The van der Waals surface area contributed by atoms with Gasteiger partial charge in [-0.15, -0.1) is 0 Å². The summed E-state index contributed by atoms with van der Waals surface area (Å²) in [5, 5.41) is 11.0. The molecule has 230 valence electrons. The zero-order valence-electron chi connectivity index (χ0n) is 24.6. The number of aromatic hydroxyl groups is 1. The third-order valence-electron chi connectivity index (χ3n) is 10.3. The van der Waals surface area contributed by atoms with Crippen LogP contribution in [0.15, 0.2) is 37.1 Å². The molecule has 1 saturated carbocycles. The highest BCUT2D eigenvalue weighted by Crippen LogP contribution is 2.49. The first-order valence-electron chi connectivity index (χ1n) is 15.7. The number of carbonyl (C=O) groups excluding carboxylic acids is 1. The van der Waals surface area contributed by atoms with E-state index in [1.165, 1.54) is 6.08 Å². The van der Waals surface area contributed by atoms with E-state index in [4.69, 9.17) is 31.3 Å². The largest absolute Gasteiger partial charge is 0.508 e. The Morgan fingerprint density at radius 1 is 1.16 bits per heavy atom. The number of piperazine rings is 1. The molecule has 1 amide bonds. The van der Waals surface area contributed by atoms with E-state index in [0.29, 0.717) is 60.5 Å². The van der Waals surface area contributed by atoms with Crippen LogP contribution in [0, 0.1) is 0 Å². The molecule has 1 aromatic carbocycles. The second-order valence-electron chi connectivity index (χ2n) is 13.2. The Hall–Kier alpha value is -3.50. The number of nitrogens with zero attached hydrogens (tertiary/aromatic N) is 6. The molecule has 4 saturated heterocycles. The third kappa shape index (κ3) is 4.68. The molecule has 6 heterocycles. The first kappa shape index (κ1) is 28.0. The standard InChI is InChI=1S/C33H36ClFN6O3/c1-2-28(43)41-22-6-7-23(41)17-39(16-22)31-30-27(37-32(38-31)44-18-33-8-3-9-40(33)15-21(35)13-33)10-20(14-36-30)25-11-24(42)12-26(34)29(25)19-4-5-19/h2,10-12,14,19,21-23,42H,1,3-9,13,15-18H2/t21-,22?,23?,33+/m1/s1.